The van der Waals surface area contributed by atoms with Crippen LogP contribution in [0.15, 0.2) is 18.3 Å². The van der Waals surface area contributed by atoms with E-state index in [1.807, 2.05) is 5.32 Å². The van der Waals surface area contributed by atoms with Gasteiger partial charge in [-0.3, -0.25) is 4.79 Å². The summed E-state index contributed by atoms with van der Waals surface area (Å²) in [5.41, 5.74) is 0.489. The van der Waals surface area contributed by atoms with E-state index in [1.165, 1.54) is 6.20 Å². The zero-order valence-corrected chi connectivity index (χ0v) is 9.74. The molecular formula is C10H12N4O5. The first kappa shape index (κ1) is 14.4. The number of urea groups is 1. The normalized spacial score (nSPS) is 11.4. The first-order chi connectivity index (χ1) is 8.99. The van der Waals surface area contributed by atoms with Gasteiger partial charge in [-0.15, -0.1) is 0 Å². The van der Waals surface area contributed by atoms with Crippen molar-refractivity contribution in [2.75, 3.05) is 0 Å². The summed E-state index contributed by atoms with van der Waals surface area (Å²) in [5.74, 6) is -2.74. The van der Waals surface area contributed by atoms with Gasteiger partial charge in [0.1, 0.15) is 6.04 Å². The second-order valence-corrected chi connectivity index (χ2v) is 3.53. The lowest BCUT2D eigenvalue weighted by molar-refractivity contribution is -0.145. The molecule has 1 heterocycles. The van der Waals surface area contributed by atoms with E-state index in [0.29, 0.717) is 5.69 Å². The quantitative estimate of drug-likeness (QED) is 0.529. The van der Waals surface area contributed by atoms with Crippen molar-refractivity contribution in [2.45, 2.75) is 19.0 Å². The van der Waals surface area contributed by atoms with Crippen LogP contribution in [0.3, 0.4) is 0 Å². The largest absolute Gasteiger partial charge is 0.481 e. The SMILES string of the molecule is O=C(O)C[C@H](NC(=O)NCc1cccnn1)C(=O)O. The molecule has 0 aromatic carbocycles. The summed E-state index contributed by atoms with van der Waals surface area (Å²) in [6.07, 6.45) is 0.769. The standard InChI is InChI=1S/C10H12N4O5/c15-8(16)4-7(9(17)18)13-10(19)11-5-6-2-1-3-12-14-6/h1-3,7H,4-5H2,(H,15,16)(H,17,18)(H2,11,13,19)/t7-/m0/s1. The van der Waals surface area contributed by atoms with Crippen LogP contribution in [0.2, 0.25) is 0 Å². The predicted octanol–water partition coefficient (Wildman–Crippen LogP) is -0.796. The summed E-state index contributed by atoms with van der Waals surface area (Å²) in [4.78, 5) is 32.5. The third-order valence-electron chi connectivity index (χ3n) is 2.04. The van der Waals surface area contributed by atoms with Crippen LogP contribution in [0, 0.1) is 0 Å². The van der Waals surface area contributed by atoms with Gasteiger partial charge in [0, 0.05) is 6.20 Å². The van der Waals surface area contributed by atoms with Crippen molar-refractivity contribution in [2.24, 2.45) is 0 Å². The lowest BCUT2D eigenvalue weighted by Crippen LogP contribution is -2.46. The van der Waals surface area contributed by atoms with Crippen LogP contribution < -0.4 is 10.6 Å². The Kier molecular flexibility index (Phi) is 5.20. The number of rotatable bonds is 6. The zero-order chi connectivity index (χ0) is 14.3. The van der Waals surface area contributed by atoms with Gasteiger partial charge in [0.2, 0.25) is 0 Å². The van der Waals surface area contributed by atoms with Gasteiger partial charge in [0.15, 0.2) is 0 Å². The Morgan fingerprint density at radius 3 is 2.58 bits per heavy atom. The molecule has 0 saturated carbocycles. The van der Waals surface area contributed by atoms with Gasteiger partial charge in [-0.05, 0) is 12.1 Å². The summed E-state index contributed by atoms with van der Waals surface area (Å²) < 4.78 is 0. The van der Waals surface area contributed by atoms with Crippen molar-refractivity contribution < 1.29 is 24.6 Å². The van der Waals surface area contributed by atoms with Crippen LogP contribution in [0.25, 0.3) is 0 Å². The molecule has 9 heteroatoms. The first-order valence-corrected chi connectivity index (χ1v) is 5.24. The molecule has 0 radical (unpaired) electrons. The van der Waals surface area contributed by atoms with E-state index in [9.17, 15) is 14.4 Å². The molecule has 0 unspecified atom stereocenters. The Morgan fingerprint density at radius 1 is 1.32 bits per heavy atom. The summed E-state index contributed by atoms with van der Waals surface area (Å²) >= 11 is 0. The number of carbonyl (C=O) groups excluding carboxylic acids is 1. The third-order valence-corrected chi connectivity index (χ3v) is 2.04. The zero-order valence-electron chi connectivity index (χ0n) is 9.74. The maximum Gasteiger partial charge on any atom is 0.326 e. The van der Waals surface area contributed by atoms with E-state index in [0.717, 1.165) is 0 Å². The maximum atomic E-state index is 11.4. The smallest absolute Gasteiger partial charge is 0.326 e. The fourth-order valence-electron chi connectivity index (χ4n) is 1.18. The van der Waals surface area contributed by atoms with Crippen LogP contribution in [-0.2, 0) is 16.1 Å². The van der Waals surface area contributed by atoms with Gasteiger partial charge in [-0.1, -0.05) is 0 Å². The highest BCUT2D eigenvalue weighted by Crippen LogP contribution is 1.94. The number of nitrogens with zero attached hydrogens (tertiary/aromatic N) is 2. The summed E-state index contributed by atoms with van der Waals surface area (Å²) in [7, 11) is 0. The molecule has 0 spiro atoms. The van der Waals surface area contributed by atoms with Gasteiger partial charge in [0.05, 0.1) is 18.7 Å². The van der Waals surface area contributed by atoms with E-state index >= 15 is 0 Å². The highest BCUT2D eigenvalue weighted by atomic mass is 16.4. The Hall–Kier alpha value is -2.71. The molecule has 4 N–H and O–H groups in total. The number of aliphatic carboxylic acids is 2. The molecule has 1 aromatic rings. The second kappa shape index (κ2) is 6.89. The van der Waals surface area contributed by atoms with Gasteiger partial charge in [0.25, 0.3) is 0 Å². The van der Waals surface area contributed by atoms with Crippen LogP contribution in [0.1, 0.15) is 12.1 Å². The van der Waals surface area contributed by atoms with Crippen LogP contribution in [0.4, 0.5) is 4.79 Å². The molecule has 0 aliphatic carbocycles. The van der Waals surface area contributed by atoms with Crippen LogP contribution in [0.5, 0.6) is 0 Å². The number of hydrogen-bond acceptors (Lipinski definition) is 5. The van der Waals surface area contributed by atoms with Crippen molar-refractivity contribution >= 4 is 18.0 Å². The van der Waals surface area contributed by atoms with Gasteiger partial charge in [-0.25, -0.2) is 9.59 Å². The van der Waals surface area contributed by atoms with Gasteiger partial charge in [-0.2, -0.15) is 10.2 Å². The average Bonchev–Trinajstić information content (AvgIpc) is 2.36. The topological polar surface area (TPSA) is 142 Å². The van der Waals surface area contributed by atoms with Crippen molar-refractivity contribution in [1.29, 1.82) is 0 Å². The molecule has 2 amide bonds. The highest BCUT2D eigenvalue weighted by Gasteiger charge is 2.22. The second-order valence-electron chi connectivity index (χ2n) is 3.53. The number of aromatic nitrogens is 2. The molecule has 0 bridgehead atoms. The summed E-state index contributed by atoms with van der Waals surface area (Å²) in [6, 6.07) is 0.977. The monoisotopic (exact) mass is 268 g/mol. The molecular weight excluding hydrogens is 256 g/mol. The minimum absolute atomic E-state index is 0.0546. The number of carboxylic acid groups (broad SMARTS) is 2. The minimum atomic E-state index is -1.49. The van der Waals surface area contributed by atoms with Crippen molar-refractivity contribution in [3.63, 3.8) is 0 Å². The van der Waals surface area contributed by atoms with Crippen molar-refractivity contribution in [3.05, 3.63) is 24.0 Å². The van der Waals surface area contributed by atoms with E-state index in [-0.39, 0.29) is 6.54 Å². The van der Waals surface area contributed by atoms with Crippen LogP contribution >= 0.6 is 0 Å². The molecule has 0 aliphatic rings. The number of hydrogen-bond donors (Lipinski definition) is 4. The highest BCUT2D eigenvalue weighted by molar-refractivity contribution is 5.86. The first-order valence-electron chi connectivity index (χ1n) is 5.24. The molecule has 0 saturated heterocycles. The van der Waals surface area contributed by atoms with E-state index in [1.54, 1.807) is 12.1 Å². The van der Waals surface area contributed by atoms with E-state index in [4.69, 9.17) is 10.2 Å². The summed E-state index contributed by atoms with van der Waals surface area (Å²) in [5, 5.41) is 28.9. The Morgan fingerprint density at radius 2 is 2.05 bits per heavy atom. The number of carbonyl (C=O) groups is 3. The Labute approximate surface area is 107 Å². The molecule has 19 heavy (non-hydrogen) atoms. The molecule has 0 aliphatic heterocycles. The molecule has 102 valence electrons. The number of nitrogens with one attached hydrogen (secondary N) is 2. The molecule has 1 atom stereocenters. The number of amides is 2. The minimum Gasteiger partial charge on any atom is -0.481 e. The Balaban J connectivity index is 2.45. The third kappa shape index (κ3) is 5.44. The Bertz CT molecular complexity index is 464. The number of carboxylic acids is 2. The average molecular weight is 268 g/mol. The predicted molar refractivity (Wildman–Crippen MR) is 61.1 cm³/mol. The van der Waals surface area contributed by atoms with Crippen LogP contribution in [-0.4, -0.2) is 44.4 Å². The van der Waals surface area contributed by atoms with Crippen molar-refractivity contribution in [3.8, 4) is 0 Å². The molecule has 1 aromatic heterocycles. The maximum absolute atomic E-state index is 11.4. The summed E-state index contributed by atoms with van der Waals surface area (Å²) in [6.45, 7) is 0.0546. The van der Waals surface area contributed by atoms with Gasteiger partial charge >= 0.3 is 18.0 Å². The fourth-order valence-corrected chi connectivity index (χ4v) is 1.18. The lowest BCUT2D eigenvalue weighted by Gasteiger charge is -2.12. The lowest BCUT2D eigenvalue weighted by atomic mass is 10.2. The molecule has 0 fully saturated rings. The fraction of sp³-hybridized carbons (Fsp3) is 0.300. The van der Waals surface area contributed by atoms with E-state index in [2.05, 4.69) is 15.5 Å². The molecule has 1 rings (SSSR count). The van der Waals surface area contributed by atoms with E-state index < -0.39 is 30.4 Å². The van der Waals surface area contributed by atoms with Gasteiger partial charge < -0.3 is 20.8 Å². The molecule has 9 nitrogen and oxygen atoms in total. The van der Waals surface area contributed by atoms with Crippen molar-refractivity contribution in [1.82, 2.24) is 20.8 Å².